The molecule has 3 nitrogen and oxygen atoms in total. The van der Waals surface area contributed by atoms with Crippen molar-refractivity contribution in [1.82, 2.24) is 14.4 Å². The van der Waals surface area contributed by atoms with E-state index >= 15 is 0 Å². The van der Waals surface area contributed by atoms with Crippen molar-refractivity contribution in [2.24, 2.45) is 5.92 Å². The maximum atomic E-state index is 2.75. The van der Waals surface area contributed by atoms with E-state index in [9.17, 15) is 0 Å². The number of rotatable bonds is 3. The lowest BCUT2D eigenvalue weighted by Gasteiger charge is -2.36. The standard InChI is InChI=1S/C19H27N3/c1-3-21-10-9-18-16(5-4-6-19(18)21)13-22-12-15-7-8-17(22)14-20(2)11-15/h4-6,9-10,15,17H,3,7-8,11-14H2,1-2H3/t15-,17+/m0/s1. The normalized spacial score (nSPS) is 26.6. The summed E-state index contributed by atoms with van der Waals surface area (Å²) >= 11 is 0. The first-order valence-electron chi connectivity index (χ1n) is 8.74. The third-order valence-electron chi connectivity index (χ3n) is 5.63. The van der Waals surface area contributed by atoms with Gasteiger partial charge in [-0.3, -0.25) is 4.90 Å². The predicted molar refractivity (Wildman–Crippen MR) is 92.0 cm³/mol. The SMILES string of the molecule is CCn1ccc2c(CN3C[C@H]4CC[C@@H]3CN(C)C4)cccc21. The molecule has 2 atom stereocenters. The number of hydrogen-bond acceptors (Lipinski definition) is 2. The Kier molecular flexibility index (Phi) is 3.71. The molecule has 1 aromatic heterocycles. The van der Waals surface area contributed by atoms with Crippen LogP contribution >= 0.6 is 0 Å². The number of likely N-dealkylation sites (N-methyl/N-ethyl adjacent to an activating group) is 1. The topological polar surface area (TPSA) is 11.4 Å². The van der Waals surface area contributed by atoms with Gasteiger partial charge in [0.1, 0.15) is 0 Å². The molecule has 2 aromatic rings. The van der Waals surface area contributed by atoms with Gasteiger partial charge in [-0.1, -0.05) is 12.1 Å². The van der Waals surface area contributed by atoms with E-state index in [2.05, 4.69) is 58.8 Å². The molecule has 5 rings (SSSR count). The molecular weight excluding hydrogens is 270 g/mol. The number of aromatic nitrogens is 1. The Morgan fingerprint density at radius 2 is 2.00 bits per heavy atom. The fourth-order valence-corrected chi connectivity index (χ4v) is 4.53. The Hall–Kier alpha value is -1.32. The second kappa shape index (κ2) is 5.71. The van der Waals surface area contributed by atoms with Crippen molar-refractivity contribution < 1.29 is 0 Å². The highest BCUT2D eigenvalue weighted by Crippen LogP contribution is 2.30. The first-order chi connectivity index (χ1) is 10.7. The first kappa shape index (κ1) is 14.3. The van der Waals surface area contributed by atoms with Crippen molar-refractivity contribution >= 4 is 10.9 Å². The van der Waals surface area contributed by atoms with Gasteiger partial charge in [0.15, 0.2) is 0 Å². The summed E-state index contributed by atoms with van der Waals surface area (Å²) in [7, 11) is 2.29. The third kappa shape index (κ3) is 2.46. The zero-order valence-electron chi connectivity index (χ0n) is 13.8. The van der Waals surface area contributed by atoms with Gasteiger partial charge in [0, 0.05) is 55.9 Å². The summed E-state index contributed by atoms with van der Waals surface area (Å²) in [5, 5.41) is 1.44. The molecule has 3 aliphatic heterocycles. The summed E-state index contributed by atoms with van der Waals surface area (Å²) in [4.78, 5) is 5.28. The largest absolute Gasteiger partial charge is 0.348 e. The van der Waals surface area contributed by atoms with Gasteiger partial charge in [0.2, 0.25) is 0 Å². The van der Waals surface area contributed by atoms with Crippen LogP contribution < -0.4 is 0 Å². The van der Waals surface area contributed by atoms with Crippen molar-refractivity contribution in [2.75, 3.05) is 26.7 Å². The quantitative estimate of drug-likeness (QED) is 0.862. The minimum absolute atomic E-state index is 0.743. The van der Waals surface area contributed by atoms with Gasteiger partial charge >= 0.3 is 0 Å². The van der Waals surface area contributed by atoms with Gasteiger partial charge in [0.05, 0.1) is 0 Å². The average Bonchev–Trinajstić information content (AvgIpc) is 2.78. The van der Waals surface area contributed by atoms with E-state index in [0.717, 1.165) is 25.0 Å². The fraction of sp³-hybridized carbons (Fsp3) is 0.579. The second-order valence-electron chi connectivity index (χ2n) is 7.20. The van der Waals surface area contributed by atoms with Gasteiger partial charge in [-0.05, 0) is 50.4 Å². The van der Waals surface area contributed by atoms with E-state index in [-0.39, 0.29) is 0 Å². The van der Waals surface area contributed by atoms with E-state index in [1.54, 1.807) is 0 Å². The first-order valence-corrected chi connectivity index (χ1v) is 8.74. The third-order valence-corrected chi connectivity index (χ3v) is 5.63. The molecule has 0 radical (unpaired) electrons. The summed E-state index contributed by atoms with van der Waals surface area (Å²) in [6.07, 6.45) is 5.03. The average molecular weight is 297 g/mol. The zero-order chi connectivity index (χ0) is 15.1. The van der Waals surface area contributed by atoms with E-state index < -0.39 is 0 Å². The van der Waals surface area contributed by atoms with Gasteiger partial charge in [-0.2, -0.15) is 0 Å². The number of hydrogen-bond donors (Lipinski definition) is 0. The summed E-state index contributed by atoms with van der Waals surface area (Å²) in [5.74, 6) is 0.864. The van der Waals surface area contributed by atoms with E-state index in [0.29, 0.717) is 0 Å². The molecule has 3 fully saturated rings. The molecule has 0 aliphatic carbocycles. The molecule has 0 saturated carbocycles. The predicted octanol–water partition coefficient (Wildman–Crippen LogP) is 3.19. The molecule has 4 heterocycles. The second-order valence-corrected chi connectivity index (χ2v) is 7.20. The number of aryl methyl sites for hydroxylation is 1. The Morgan fingerprint density at radius 3 is 2.86 bits per heavy atom. The van der Waals surface area contributed by atoms with Crippen molar-refractivity contribution in [2.45, 2.75) is 38.9 Å². The van der Waals surface area contributed by atoms with Crippen LogP contribution in [0.2, 0.25) is 0 Å². The lowest BCUT2D eigenvalue weighted by Crippen LogP contribution is -2.43. The van der Waals surface area contributed by atoms with Gasteiger partial charge in [-0.15, -0.1) is 0 Å². The Morgan fingerprint density at radius 1 is 1.09 bits per heavy atom. The number of fused-ring (bicyclic) bond motifs is 5. The molecule has 3 aliphatic rings. The molecule has 0 spiro atoms. The molecule has 22 heavy (non-hydrogen) atoms. The number of piperidine rings is 1. The lowest BCUT2D eigenvalue weighted by atomic mass is 9.94. The molecule has 1 aromatic carbocycles. The molecule has 0 N–H and O–H groups in total. The van der Waals surface area contributed by atoms with Crippen LogP contribution in [0.5, 0.6) is 0 Å². The van der Waals surface area contributed by atoms with Gasteiger partial charge in [-0.25, -0.2) is 0 Å². The molecule has 118 valence electrons. The van der Waals surface area contributed by atoms with Crippen molar-refractivity contribution in [3.05, 3.63) is 36.0 Å². The molecule has 0 unspecified atom stereocenters. The number of nitrogens with zero attached hydrogens (tertiary/aromatic N) is 3. The summed E-state index contributed by atoms with van der Waals surface area (Å²) in [6.45, 7) is 8.17. The van der Waals surface area contributed by atoms with Crippen LogP contribution in [0, 0.1) is 5.92 Å². The van der Waals surface area contributed by atoms with Crippen LogP contribution in [0.1, 0.15) is 25.3 Å². The summed E-state index contributed by atoms with van der Waals surface area (Å²) in [6, 6.07) is 9.85. The highest BCUT2D eigenvalue weighted by atomic mass is 15.2. The van der Waals surface area contributed by atoms with E-state index in [4.69, 9.17) is 0 Å². The maximum Gasteiger partial charge on any atom is 0.0483 e. The smallest absolute Gasteiger partial charge is 0.0483 e. The Balaban J connectivity index is 1.62. The van der Waals surface area contributed by atoms with Gasteiger partial charge in [0.25, 0.3) is 0 Å². The minimum atomic E-state index is 0.743. The summed E-state index contributed by atoms with van der Waals surface area (Å²) in [5.41, 5.74) is 2.89. The highest BCUT2D eigenvalue weighted by Gasteiger charge is 2.33. The van der Waals surface area contributed by atoms with Crippen molar-refractivity contribution in [3.8, 4) is 0 Å². The highest BCUT2D eigenvalue weighted by molar-refractivity contribution is 5.83. The Bertz CT molecular complexity index is 660. The molecule has 2 bridgehead atoms. The van der Waals surface area contributed by atoms with Crippen LogP contribution in [-0.2, 0) is 13.1 Å². The molecule has 3 saturated heterocycles. The summed E-state index contributed by atoms with van der Waals surface area (Å²) < 4.78 is 2.35. The number of benzene rings is 1. The lowest BCUT2D eigenvalue weighted by molar-refractivity contribution is 0.125. The fourth-order valence-electron chi connectivity index (χ4n) is 4.53. The van der Waals surface area contributed by atoms with Crippen LogP contribution in [0.15, 0.2) is 30.5 Å². The molecular formula is C19H27N3. The van der Waals surface area contributed by atoms with Crippen LogP contribution in [0.3, 0.4) is 0 Å². The van der Waals surface area contributed by atoms with Crippen molar-refractivity contribution in [3.63, 3.8) is 0 Å². The van der Waals surface area contributed by atoms with Crippen LogP contribution in [-0.4, -0.2) is 47.1 Å². The maximum absolute atomic E-state index is 2.75. The monoisotopic (exact) mass is 297 g/mol. The minimum Gasteiger partial charge on any atom is -0.348 e. The Labute approximate surface area is 133 Å². The van der Waals surface area contributed by atoms with E-state index in [1.807, 2.05) is 0 Å². The molecule has 0 amide bonds. The van der Waals surface area contributed by atoms with Crippen LogP contribution in [0.25, 0.3) is 10.9 Å². The van der Waals surface area contributed by atoms with Crippen LogP contribution in [0.4, 0.5) is 0 Å². The zero-order valence-corrected chi connectivity index (χ0v) is 13.8. The van der Waals surface area contributed by atoms with E-state index in [1.165, 1.54) is 48.9 Å². The molecule has 3 heteroatoms. The van der Waals surface area contributed by atoms with Gasteiger partial charge < -0.3 is 9.47 Å². The van der Waals surface area contributed by atoms with Crippen molar-refractivity contribution in [1.29, 1.82) is 0 Å².